The first-order chi connectivity index (χ1) is 7.27. The molecule has 1 saturated heterocycles. The number of rotatable bonds is 2. The fourth-order valence-electron chi connectivity index (χ4n) is 2.84. The molecule has 0 bridgehead atoms. The average molecular weight is 205 g/mol. The minimum absolute atomic E-state index is 0.706. The molecular formula is C12H19N3. The van der Waals surface area contributed by atoms with E-state index >= 15 is 0 Å². The van der Waals surface area contributed by atoms with Crippen LogP contribution in [-0.4, -0.2) is 22.9 Å². The maximum atomic E-state index is 4.71. The lowest BCUT2D eigenvalue weighted by molar-refractivity contribution is 0.614. The molecule has 1 aromatic rings. The molecule has 1 aliphatic carbocycles. The van der Waals surface area contributed by atoms with E-state index in [-0.39, 0.29) is 0 Å². The van der Waals surface area contributed by atoms with Crippen LogP contribution < -0.4 is 5.32 Å². The van der Waals surface area contributed by atoms with Crippen LogP contribution in [0, 0.1) is 13.8 Å². The number of hydrogen-bond acceptors (Lipinski definition) is 2. The Labute approximate surface area is 90.9 Å². The normalized spacial score (nSPS) is 26.1. The van der Waals surface area contributed by atoms with Crippen molar-refractivity contribution in [2.75, 3.05) is 13.1 Å². The molecule has 3 heteroatoms. The zero-order valence-corrected chi connectivity index (χ0v) is 9.58. The summed E-state index contributed by atoms with van der Waals surface area (Å²) in [5.41, 5.74) is 4.20. The fourth-order valence-corrected chi connectivity index (χ4v) is 2.84. The summed E-state index contributed by atoms with van der Waals surface area (Å²) in [5, 5.41) is 8.15. The van der Waals surface area contributed by atoms with Crippen LogP contribution >= 0.6 is 0 Å². The minimum atomic E-state index is 0.706. The van der Waals surface area contributed by atoms with Crippen molar-refractivity contribution in [3.8, 4) is 0 Å². The molecule has 3 rings (SSSR count). The quantitative estimate of drug-likeness (QED) is 0.799. The molecular weight excluding hydrogens is 186 g/mol. The summed E-state index contributed by atoms with van der Waals surface area (Å²) in [4.78, 5) is 0. The highest BCUT2D eigenvalue weighted by Gasteiger charge is 2.30. The monoisotopic (exact) mass is 205 g/mol. The van der Waals surface area contributed by atoms with Gasteiger partial charge in [0.05, 0.1) is 11.7 Å². The summed E-state index contributed by atoms with van der Waals surface area (Å²) >= 11 is 0. The van der Waals surface area contributed by atoms with E-state index in [2.05, 4.69) is 23.8 Å². The Hall–Kier alpha value is -0.830. The molecule has 1 atom stereocenters. The van der Waals surface area contributed by atoms with E-state index in [1.54, 1.807) is 0 Å². The van der Waals surface area contributed by atoms with Gasteiger partial charge in [0.1, 0.15) is 0 Å². The van der Waals surface area contributed by atoms with E-state index in [0.717, 1.165) is 13.1 Å². The third-order valence-corrected chi connectivity index (χ3v) is 3.74. The van der Waals surface area contributed by atoms with Gasteiger partial charge in [-0.15, -0.1) is 0 Å². The molecule has 1 aromatic heterocycles. The Morgan fingerprint density at radius 2 is 2.07 bits per heavy atom. The molecule has 82 valence electrons. The third-order valence-electron chi connectivity index (χ3n) is 3.74. The Morgan fingerprint density at radius 3 is 2.67 bits per heavy atom. The molecule has 3 nitrogen and oxygen atoms in total. The van der Waals surface area contributed by atoms with E-state index in [0.29, 0.717) is 12.0 Å². The minimum Gasteiger partial charge on any atom is -0.316 e. The van der Waals surface area contributed by atoms with E-state index in [1.807, 2.05) is 0 Å². The summed E-state index contributed by atoms with van der Waals surface area (Å²) in [7, 11) is 0. The first kappa shape index (κ1) is 9.40. The number of nitrogens with one attached hydrogen (secondary N) is 1. The van der Waals surface area contributed by atoms with Crippen molar-refractivity contribution in [1.29, 1.82) is 0 Å². The summed E-state index contributed by atoms with van der Waals surface area (Å²) < 4.78 is 2.27. The zero-order valence-electron chi connectivity index (χ0n) is 9.58. The molecule has 0 radical (unpaired) electrons. The molecule has 1 saturated carbocycles. The molecule has 2 aliphatic rings. The van der Waals surface area contributed by atoms with Crippen LogP contribution in [-0.2, 0) is 0 Å². The summed E-state index contributed by atoms with van der Waals surface area (Å²) in [6.07, 6.45) is 3.92. The predicted octanol–water partition coefficient (Wildman–Crippen LogP) is 1.91. The van der Waals surface area contributed by atoms with Gasteiger partial charge in [0.25, 0.3) is 0 Å². The number of hydrogen-bond donors (Lipinski definition) is 1. The number of aromatic nitrogens is 2. The lowest BCUT2D eigenvalue weighted by Gasteiger charge is -2.09. The molecule has 15 heavy (non-hydrogen) atoms. The van der Waals surface area contributed by atoms with Gasteiger partial charge in [-0.3, -0.25) is 4.68 Å². The molecule has 2 fully saturated rings. The van der Waals surface area contributed by atoms with Crippen molar-refractivity contribution in [2.45, 2.75) is 45.1 Å². The van der Waals surface area contributed by atoms with Gasteiger partial charge in [-0.1, -0.05) is 0 Å². The van der Waals surface area contributed by atoms with E-state index in [4.69, 9.17) is 5.10 Å². The van der Waals surface area contributed by atoms with Crippen molar-refractivity contribution in [1.82, 2.24) is 15.1 Å². The first-order valence-electron chi connectivity index (χ1n) is 6.03. The van der Waals surface area contributed by atoms with Crippen molar-refractivity contribution < 1.29 is 0 Å². The highest BCUT2D eigenvalue weighted by molar-refractivity contribution is 5.30. The number of aryl methyl sites for hydroxylation is 1. The SMILES string of the molecule is Cc1nn(C2CC2)c(C)c1C1CCNC1. The average Bonchev–Trinajstić information content (AvgIpc) is 2.83. The molecule has 2 heterocycles. The smallest absolute Gasteiger partial charge is 0.0631 e. The van der Waals surface area contributed by atoms with Gasteiger partial charge in [-0.2, -0.15) is 5.10 Å². The van der Waals surface area contributed by atoms with Crippen LogP contribution in [0.1, 0.15) is 48.2 Å². The van der Waals surface area contributed by atoms with Gasteiger partial charge in [-0.25, -0.2) is 0 Å². The highest BCUT2D eigenvalue weighted by Crippen LogP contribution is 2.38. The van der Waals surface area contributed by atoms with Crippen LogP contribution in [0.4, 0.5) is 0 Å². The van der Waals surface area contributed by atoms with Crippen molar-refractivity contribution in [2.24, 2.45) is 0 Å². The summed E-state index contributed by atoms with van der Waals surface area (Å²) in [6, 6.07) is 0.715. The lowest BCUT2D eigenvalue weighted by Crippen LogP contribution is -2.09. The van der Waals surface area contributed by atoms with Crippen LogP contribution in [0.3, 0.4) is 0 Å². The molecule has 0 amide bonds. The Kier molecular flexibility index (Phi) is 2.09. The summed E-state index contributed by atoms with van der Waals surface area (Å²) in [6.45, 7) is 6.71. The van der Waals surface area contributed by atoms with E-state index in [1.165, 1.54) is 36.2 Å². The van der Waals surface area contributed by atoms with Crippen molar-refractivity contribution >= 4 is 0 Å². The molecule has 1 N–H and O–H groups in total. The van der Waals surface area contributed by atoms with Crippen LogP contribution in [0.2, 0.25) is 0 Å². The van der Waals surface area contributed by atoms with Gasteiger partial charge in [0, 0.05) is 23.7 Å². The largest absolute Gasteiger partial charge is 0.316 e. The standard InChI is InChI=1S/C12H19N3/c1-8-12(10-5-6-13-7-10)9(2)15(14-8)11-3-4-11/h10-11,13H,3-7H2,1-2H3. The first-order valence-corrected chi connectivity index (χ1v) is 6.03. The maximum absolute atomic E-state index is 4.71. The topological polar surface area (TPSA) is 29.9 Å². The third kappa shape index (κ3) is 1.49. The van der Waals surface area contributed by atoms with Crippen molar-refractivity contribution in [3.05, 3.63) is 17.0 Å². The maximum Gasteiger partial charge on any atom is 0.0631 e. The van der Waals surface area contributed by atoms with Gasteiger partial charge >= 0.3 is 0 Å². The lowest BCUT2D eigenvalue weighted by atomic mass is 9.96. The molecule has 1 aliphatic heterocycles. The zero-order chi connectivity index (χ0) is 10.4. The second-order valence-corrected chi connectivity index (χ2v) is 4.95. The van der Waals surface area contributed by atoms with Crippen molar-refractivity contribution in [3.63, 3.8) is 0 Å². The highest BCUT2D eigenvalue weighted by atomic mass is 15.3. The Bertz CT molecular complexity index is 370. The second kappa shape index (κ2) is 3.34. The van der Waals surface area contributed by atoms with Gasteiger partial charge in [0.2, 0.25) is 0 Å². The number of nitrogens with zero attached hydrogens (tertiary/aromatic N) is 2. The van der Waals surface area contributed by atoms with Crippen LogP contribution in [0.15, 0.2) is 0 Å². The Morgan fingerprint density at radius 1 is 1.27 bits per heavy atom. The molecule has 0 spiro atoms. The van der Waals surface area contributed by atoms with Gasteiger partial charge < -0.3 is 5.32 Å². The van der Waals surface area contributed by atoms with E-state index < -0.39 is 0 Å². The summed E-state index contributed by atoms with van der Waals surface area (Å²) in [5.74, 6) is 0.706. The van der Waals surface area contributed by atoms with Gasteiger partial charge in [0.15, 0.2) is 0 Å². The fraction of sp³-hybridized carbons (Fsp3) is 0.750. The molecule has 1 unspecified atom stereocenters. The van der Waals surface area contributed by atoms with Crippen LogP contribution in [0.5, 0.6) is 0 Å². The van der Waals surface area contributed by atoms with E-state index in [9.17, 15) is 0 Å². The predicted molar refractivity (Wildman–Crippen MR) is 60.2 cm³/mol. The Balaban J connectivity index is 1.98. The van der Waals surface area contributed by atoms with Gasteiger partial charge in [-0.05, 0) is 39.7 Å². The molecule has 0 aromatic carbocycles. The second-order valence-electron chi connectivity index (χ2n) is 4.95. The van der Waals surface area contributed by atoms with Crippen LogP contribution in [0.25, 0.3) is 0 Å².